The van der Waals surface area contributed by atoms with E-state index < -0.39 is 17.8 Å². The van der Waals surface area contributed by atoms with Crippen LogP contribution in [-0.4, -0.2) is 117 Å². The normalized spacial score (nSPS) is 23.0. The van der Waals surface area contributed by atoms with E-state index in [2.05, 4.69) is 57.5 Å². The van der Waals surface area contributed by atoms with E-state index in [0.29, 0.717) is 50.1 Å². The van der Waals surface area contributed by atoms with Crippen LogP contribution in [0.15, 0.2) is 151 Å². The number of benzene rings is 6. The first kappa shape index (κ1) is 57.5. The maximum Gasteiger partial charge on any atom is 0.317 e. The Kier molecular flexibility index (Phi) is 17.0. The summed E-state index contributed by atoms with van der Waals surface area (Å²) in [5, 5.41) is 13.3. The fourth-order valence-corrected chi connectivity index (χ4v) is 14.2. The number of nitrogens with one attached hydrogen (secondary N) is 1. The minimum Gasteiger partial charge on any atom is -0.481 e. The summed E-state index contributed by atoms with van der Waals surface area (Å²) in [6, 6.07) is 47.2. The summed E-state index contributed by atoms with van der Waals surface area (Å²) in [5.74, 6) is -3.13. The van der Waals surface area contributed by atoms with Crippen LogP contribution in [-0.2, 0) is 56.3 Å². The molecule has 9 aliphatic rings. The number of carboxylic acid groups (broad SMARTS) is 1. The molecule has 1 saturated heterocycles. The Hall–Kier alpha value is -8.89. The van der Waals surface area contributed by atoms with Crippen molar-refractivity contribution in [3.63, 3.8) is 0 Å². The summed E-state index contributed by atoms with van der Waals surface area (Å²) >= 11 is 0. The molecular weight excluding hydrogens is 1080 g/mol. The molecule has 86 heavy (non-hydrogen) atoms. The third-order valence-corrected chi connectivity index (χ3v) is 18.7. The van der Waals surface area contributed by atoms with E-state index in [1.165, 1.54) is 27.2 Å². The second-order valence-corrected chi connectivity index (χ2v) is 23.7. The summed E-state index contributed by atoms with van der Waals surface area (Å²) in [7, 11) is 0. The standard InChI is InChI=1S/C26H28N2O4.C18H14N2O2.C18H18N2O.C8H10O3/c29-24-20-10-4-2-8-18(20)15-27(24)16-23-19-9-3-1-7-17(19)13-14-28(23)25(30)21-11-5-6-12-22(21)26(31)32;21-17-14-7-3-4-8-15(14)18(22)20(17)11-16-13-6-2-1-5-12(13)9-10-19-16;21-18-16-8-4-2-6-14(16)11-20(18)12-17-15-7-3-1-5-13(15)9-10-19-17;9-7-5-3-1-2-4-6(5)8(10)11-7/h1-4,7-10,21-23H,5-6,11-16H2,(H,31,32);1-8H,9-11H2;1-8,17,19H,9-12H2;5-6H,1-4H2/t;;;5-,6+. The number of cyclic esters (lactones) is 2. The van der Waals surface area contributed by atoms with Gasteiger partial charge in [0.25, 0.3) is 23.6 Å². The first-order valence-corrected chi connectivity index (χ1v) is 30.4. The number of esters is 2. The molecular formula is C70H70N6O10. The van der Waals surface area contributed by atoms with Gasteiger partial charge in [-0.3, -0.25) is 48.2 Å². The lowest BCUT2D eigenvalue weighted by Gasteiger charge is -2.42. The molecule has 2 saturated carbocycles. The lowest BCUT2D eigenvalue weighted by atomic mass is 9.77. The number of nitrogens with zero attached hydrogens (tertiary/aromatic N) is 5. The first-order chi connectivity index (χ1) is 41.9. The number of hydrogen-bond donors (Lipinski definition) is 2. The van der Waals surface area contributed by atoms with Crippen LogP contribution in [0.1, 0.15) is 149 Å². The number of aliphatic carboxylic acids is 1. The van der Waals surface area contributed by atoms with Gasteiger partial charge < -0.3 is 29.9 Å². The molecule has 16 heteroatoms. The van der Waals surface area contributed by atoms with Gasteiger partial charge in [0, 0.05) is 56.0 Å². The number of rotatable bonds is 8. The quantitative estimate of drug-likeness (QED) is 0.0835. The maximum atomic E-state index is 13.7. The van der Waals surface area contributed by atoms with E-state index >= 15 is 0 Å². The lowest BCUT2D eigenvalue weighted by Crippen LogP contribution is -2.49. The minimum atomic E-state index is -0.873. The molecule has 2 aliphatic carbocycles. The molecule has 4 unspecified atom stereocenters. The second kappa shape index (κ2) is 25.4. The SMILES string of the molecule is O=C(O)C1CCCCC1C(=O)N1CCc2ccccc2C1CN1Cc2ccccc2C1=O.O=C1OC(=O)[C@@H]2CCCC[C@H]12.O=C1c2ccccc2C(=O)N1CC1=NCCc2ccccc21.O=C1c2ccccc2CN1CC1NCCc2ccccc21. The molecule has 2 N–H and O–H groups in total. The van der Waals surface area contributed by atoms with Gasteiger partial charge in [-0.2, -0.15) is 0 Å². The van der Waals surface area contributed by atoms with Gasteiger partial charge in [0.15, 0.2) is 0 Å². The third-order valence-electron chi connectivity index (χ3n) is 18.7. The van der Waals surface area contributed by atoms with E-state index in [1.54, 1.807) is 24.3 Å². The highest BCUT2D eigenvalue weighted by molar-refractivity contribution is 6.23. The zero-order chi connectivity index (χ0) is 59.4. The van der Waals surface area contributed by atoms with E-state index in [-0.39, 0.29) is 71.9 Å². The van der Waals surface area contributed by atoms with Gasteiger partial charge >= 0.3 is 17.9 Å². The van der Waals surface area contributed by atoms with Gasteiger partial charge in [-0.05, 0) is 115 Å². The molecule has 7 aliphatic heterocycles. The highest BCUT2D eigenvalue weighted by Crippen LogP contribution is 2.40. The number of ether oxygens (including phenoxy) is 1. The van der Waals surface area contributed by atoms with Gasteiger partial charge in [0.05, 0.1) is 59.1 Å². The predicted octanol–water partition coefficient (Wildman–Crippen LogP) is 9.39. The fourth-order valence-electron chi connectivity index (χ4n) is 14.2. The molecule has 0 bridgehead atoms. The average molecular weight is 1160 g/mol. The summed E-state index contributed by atoms with van der Waals surface area (Å²) in [4.78, 5) is 109. The molecule has 16 nitrogen and oxygen atoms in total. The fraction of sp³-hybridized carbons (Fsp3) is 0.357. The second-order valence-electron chi connectivity index (χ2n) is 23.7. The Bertz CT molecular complexity index is 3630. The van der Waals surface area contributed by atoms with Gasteiger partial charge in [-0.1, -0.05) is 147 Å². The Morgan fingerprint density at radius 3 is 1.59 bits per heavy atom. The van der Waals surface area contributed by atoms with Crippen molar-refractivity contribution in [2.24, 2.45) is 28.7 Å². The highest BCUT2D eigenvalue weighted by atomic mass is 16.6. The molecule has 6 aromatic rings. The van der Waals surface area contributed by atoms with Crippen molar-refractivity contribution < 1.29 is 48.2 Å². The van der Waals surface area contributed by atoms with Crippen LogP contribution in [0.3, 0.4) is 0 Å². The van der Waals surface area contributed by atoms with Crippen LogP contribution in [0.5, 0.6) is 0 Å². The smallest absolute Gasteiger partial charge is 0.317 e. The number of amides is 5. The number of carbonyl (C=O) groups is 8. The molecule has 3 fully saturated rings. The maximum absolute atomic E-state index is 13.7. The summed E-state index contributed by atoms with van der Waals surface area (Å²) in [5.41, 5.74) is 12.8. The number of hydrogen-bond acceptors (Lipinski definition) is 11. The molecule has 0 spiro atoms. The predicted molar refractivity (Wildman–Crippen MR) is 321 cm³/mol. The Labute approximate surface area is 500 Å². The van der Waals surface area contributed by atoms with E-state index in [0.717, 1.165) is 117 Å². The molecule has 6 atom stereocenters. The molecule has 5 amide bonds. The Morgan fingerprint density at radius 2 is 1.00 bits per heavy atom. The van der Waals surface area contributed by atoms with Crippen molar-refractivity contribution in [1.29, 1.82) is 0 Å². The van der Waals surface area contributed by atoms with Gasteiger partial charge in [0.1, 0.15) is 0 Å². The monoisotopic (exact) mass is 1150 g/mol. The largest absolute Gasteiger partial charge is 0.481 e. The number of carbonyl (C=O) groups excluding carboxylic acids is 7. The van der Waals surface area contributed by atoms with Crippen LogP contribution in [0.25, 0.3) is 0 Å². The van der Waals surface area contributed by atoms with Crippen molar-refractivity contribution in [3.05, 3.63) is 212 Å². The number of carboxylic acids is 1. The molecule has 0 aromatic heterocycles. The number of imide groups is 1. The summed E-state index contributed by atoms with van der Waals surface area (Å²) < 4.78 is 4.53. The summed E-state index contributed by atoms with van der Waals surface area (Å²) in [6.45, 7) is 4.91. The van der Waals surface area contributed by atoms with Crippen LogP contribution in [0.4, 0.5) is 0 Å². The van der Waals surface area contributed by atoms with Crippen molar-refractivity contribution in [2.45, 2.75) is 95.8 Å². The zero-order valence-corrected chi connectivity index (χ0v) is 48.1. The molecule has 6 aromatic carbocycles. The topological polar surface area (TPSA) is 203 Å². The third kappa shape index (κ3) is 11.7. The first-order valence-electron chi connectivity index (χ1n) is 30.4. The molecule has 440 valence electrons. The highest BCUT2D eigenvalue weighted by Gasteiger charge is 2.46. The minimum absolute atomic E-state index is 0.00266. The Balaban J connectivity index is 0.000000118. The van der Waals surface area contributed by atoms with Gasteiger partial charge in [0.2, 0.25) is 5.91 Å². The average Bonchev–Trinajstić information content (AvgIpc) is 2.55. The number of fused-ring (bicyclic) bond motifs is 7. The van der Waals surface area contributed by atoms with Gasteiger partial charge in [-0.15, -0.1) is 0 Å². The zero-order valence-electron chi connectivity index (χ0n) is 48.1. The Morgan fingerprint density at radius 1 is 0.512 bits per heavy atom. The van der Waals surface area contributed by atoms with E-state index in [9.17, 15) is 43.5 Å². The van der Waals surface area contributed by atoms with Crippen LogP contribution < -0.4 is 5.32 Å². The van der Waals surface area contributed by atoms with Crippen LogP contribution >= 0.6 is 0 Å². The van der Waals surface area contributed by atoms with Gasteiger partial charge in [-0.25, -0.2) is 0 Å². The van der Waals surface area contributed by atoms with Crippen molar-refractivity contribution in [2.75, 3.05) is 39.3 Å². The molecule has 7 heterocycles. The van der Waals surface area contributed by atoms with Crippen molar-refractivity contribution in [3.8, 4) is 0 Å². The van der Waals surface area contributed by atoms with Crippen molar-refractivity contribution >= 4 is 53.2 Å². The van der Waals surface area contributed by atoms with E-state index in [4.69, 9.17) is 0 Å². The lowest BCUT2D eigenvalue weighted by molar-refractivity contribution is -0.154. The summed E-state index contributed by atoms with van der Waals surface area (Å²) in [6.07, 6.45) is 9.44. The van der Waals surface area contributed by atoms with Crippen LogP contribution in [0.2, 0.25) is 0 Å². The molecule has 15 rings (SSSR count). The van der Waals surface area contributed by atoms with E-state index in [1.807, 2.05) is 93.6 Å². The van der Waals surface area contributed by atoms with Crippen LogP contribution in [0, 0.1) is 23.7 Å². The molecule has 0 radical (unpaired) electrons. The van der Waals surface area contributed by atoms with Crippen molar-refractivity contribution in [1.82, 2.24) is 24.9 Å². The number of aliphatic imine (C=N–C) groups is 1.